The van der Waals surface area contributed by atoms with Gasteiger partial charge >= 0.3 is 0 Å². The van der Waals surface area contributed by atoms with Crippen LogP contribution < -0.4 is 20.1 Å². The summed E-state index contributed by atoms with van der Waals surface area (Å²) in [4.78, 5) is 17.0. The van der Waals surface area contributed by atoms with Crippen molar-refractivity contribution in [2.24, 2.45) is 0 Å². The number of nitrogens with one attached hydrogen (secondary N) is 2. The first kappa shape index (κ1) is 19.2. The highest BCUT2D eigenvalue weighted by molar-refractivity contribution is 7.15. The number of ether oxygens (including phenoxy) is 2. The lowest BCUT2D eigenvalue weighted by molar-refractivity contribution is 0.102. The number of amides is 1. The third-order valence-electron chi connectivity index (χ3n) is 4.30. The molecule has 0 saturated heterocycles. The number of rotatable bonds is 4. The summed E-state index contributed by atoms with van der Waals surface area (Å²) in [6.07, 6.45) is 0. The van der Waals surface area contributed by atoms with Crippen molar-refractivity contribution < 1.29 is 14.3 Å². The van der Waals surface area contributed by atoms with Crippen LogP contribution in [0.15, 0.2) is 29.0 Å². The van der Waals surface area contributed by atoms with Crippen LogP contribution in [0.25, 0.3) is 0 Å². The average molecular weight is 427 g/mol. The van der Waals surface area contributed by atoms with E-state index in [4.69, 9.17) is 9.47 Å². The zero-order chi connectivity index (χ0) is 20.6. The van der Waals surface area contributed by atoms with E-state index in [9.17, 15) is 10.1 Å². The predicted molar refractivity (Wildman–Crippen MR) is 114 cm³/mol. The molecule has 7 nitrogen and oxygen atoms in total. The van der Waals surface area contributed by atoms with Crippen molar-refractivity contribution in [3.05, 3.63) is 45.8 Å². The quantitative estimate of drug-likeness (QED) is 0.603. The molecule has 1 aromatic carbocycles. The normalized spacial score (nSPS) is 12.5. The fourth-order valence-electron chi connectivity index (χ4n) is 2.81. The Morgan fingerprint density at radius 3 is 2.76 bits per heavy atom. The van der Waals surface area contributed by atoms with Gasteiger partial charge in [-0.3, -0.25) is 4.79 Å². The van der Waals surface area contributed by atoms with Gasteiger partial charge in [0, 0.05) is 17.1 Å². The molecule has 3 aromatic rings. The minimum absolute atomic E-state index is 0.174. The molecule has 0 spiro atoms. The van der Waals surface area contributed by atoms with Gasteiger partial charge in [-0.15, -0.1) is 22.7 Å². The molecule has 2 aromatic heterocycles. The number of thiophene rings is 1. The minimum atomic E-state index is -0.348. The lowest BCUT2D eigenvalue weighted by Gasteiger charge is -2.17. The highest BCUT2D eigenvalue weighted by atomic mass is 32.1. The summed E-state index contributed by atoms with van der Waals surface area (Å²) >= 11 is 2.67. The van der Waals surface area contributed by atoms with Gasteiger partial charge in [0.15, 0.2) is 16.6 Å². The number of hydrogen-bond acceptors (Lipinski definition) is 8. The van der Waals surface area contributed by atoms with E-state index in [-0.39, 0.29) is 23.8 Å². The van der Waals surface area contributed by atoms with Crippen LogP contribution in [-0.2, 0) is 5.41 Å². The molecule has 9 heteroatoms. The number of fused-ring (bicyclic) bond motifs is 1. The topological polar surface area (TPSA) is 96.3 Å². The minimum Gasteiger partial charge on any atom is -0.454 e. The van der Waals surface area contributed by atoms with Crippen molar-refractivity contribution in [2.45, 2.75) is 26.2 Å². The van der Waals surface area contributed by atoms with Crippen LogP contribution in [0.5, 0.6) is 11.5 Å². The van der Waals surface area contributed by atoms with Gasteiger partial charge in [-0.25, -0.2) is 4.98 Å². The van der Waals surface area contributed by atoms with Crippen LogP contribution in [-0.4, -0.2) is 17.7 Å². The second kappa shape index (κ2) is 7.39. The number of benzene rings is 1. The summed E-state index contributed by atoms with van der Waals surface area (Å²) in [6, 6.07) is 7.70. The molecular weight excluding hydrogens is 408 g/mol. The third-order valence-corrected chi connectivity index (χ3v) is 5.95. The third kappa shape index (κ3) is 3.90. The molecule has 0 aliphatic carbocycles. The highest BCUT2D eigenvalue weighted by Gasteiger charge is 2.24. The van der Waals surface area contributed by atoms with E-state index < -0.39 is 0 Å². The Balaban J connectivity index is 1.48. The molecule has 0 unspecified atom stereocenters. The van der Waals surface area contributed by atoms with Gasteiger partial charge in [0.05, 0.1) is 5.56 Å². The van der Waals surface area contributed by atoms with Gasteiger partial charge < -0.3 is 20.1 Å². The lowest BCUT2D eigenvalue weighted by atomic mass is 9.86. The Labute approximate surface area is 175 Å². The molecule has 0 atom stereocenters. The number of carbonyl (C=O) groups excluding carboxylic acids is 1. The lowest BCUT2D eigenvalue weighted by Crippen LogP contribution is -2.14. The van der Waals surface area contributed by atoms with Crippen LogP contribution in [0.3, 0.4) is 0 Å². The maximum atomic E-state index is 12.6. The number of nitriles is 1. The van der Waals surface area contributed by atoms with E-state index in [1.165, 1.54) is 22.7 Å². The fourth-order valence-corrected chi connectivity index (χ4v) is 4.66. The smallest absolute Gasteiger partial charge is 0.275 e. The van der Waals surface area contributed by atoms with E-state index in [2.05, 4.69) is 21.7 Å². The largest absolute Gasteiger partial charge is 0.454 e. The average Bonchev–Trinajstić information content (AvgIpc) is 3.39. The van der Waals surface area contributed by atoms with Gasteiger partial charge in [-0.1, -0.05) is 20.8 Å². The van der Waals surface area contributed by atoms with Crippen LogP contribution in [0.2, 0.25) is 0 Å². The Kier molecular flexibility index (Phi) is 4.90. The molecule has 2 N–H and O–H groups in total. The van der Waals surface area contributed by atoms with Crippen molar-refractivity contribution in [1.82, 2.24) is 4.98 Å². The SMILES string of the molecule is CC(C)(C)c1csc(NC(=O)c2csc(Nc3ccc4c(c3)OCO4)n2)c1C#N. The molecule has 0 fully saturated rings. The van der Waals surface area contributed by atoms with E-state index >= 15 is 0 Å². The van der Waals surface area contributed by atoms with Crippen molar-refractivity contribution in [3.8, 4) is 17.6 Å². The number of nitrogens with zero attached hydrogens (tertiary/aromatic N) is 2. The van der Waals surface area contributed by atoms with E-state index in [0.717, 1.165) is 11.3 Å². The van der Waals surface area contributed by atoms with Gasteiger partial charge in [-0.05, 0) is 28.5 Å². The molecule has 1 aliphatic rings. The monoisotopic (exact) mass is 426 g/mol. The number of aromatic nitrogens is 1. The standard InChI is InChI=1S/C20H18N4O3S2/c1-20(2,3)13-8-28-18(12(13)7-21)24-17(25)14-9-29-19(23-14)22-11-4-5-15-16(6-11)27-10-26-15/h4-6,8-9H,10H2,1-3H3,(H,22,23)(H,24,25). The van der Waals surface area contributed by atoms with Crippen LogP contribution >= 0.6 is 22.7 Å². The maximum Gasteiger partial charge on any atom is 0.275 e. The van der Waals surface area contributed by atoms with Crippen molar-refractivity contribution in [2.75, 3.05) is 17.4 Å². The van der Waals surface area contributed by atoms with Gasteiger partial charge in [-0.2, -0.15) is 5.26 Å². The predicted octanol–water partition coefficient (Wildman–Crippen LogP) is 5.10. The Morgan fingerprint density at radius 2 is 2.00 bits per heavy atom. The second-order valence-corrected chi connectivity index (χ2v) is 9.14. The molecule has 1 aliphatic heterocycles. The Bertz CT molecular complexity index is 1120. The first-order chi connectivity index (χ1) is 13.8. The Morgan fingerprint density at radius 1 is 1.21 bits per heavy atom. The summed E-state index contributed by atoms with van der Waals surface area (Å²) in [7, 11) is 0. The van der Waals surface area contributed by atoms with Gasteiger partial charge in [0.25, 0.3) is 5.91 Å². The van der Waals surface area contributed by atoms with E-state index in [1.54, 1.807) is 5.38 Å². The number of carbonyl (C=O) groups is 1. The van der Waals surface area contributed by atoms with Crippen molar-refractivity contribution in [1.29, 1.82) is 5.26 Å². The number of anilines is 3. The van der Waals surface area contributed by atoms with Crippen LogP contribution in [0, 0.1) is 11.3 Å². The summed E-state index contributed by atoms with van der Waals surface area (Å²) in [5, 5.41) is 20.2. The molecule has 0 saturated carbocycles. The fraction of sp³-hybridized carbons (Fsp3) is 0.250. The summed E-state index contributed by atoms with van der Waals surface area (Å²) in [6.45, 7) is 6.33. The van der Waals surface area contributed by atoms with Crippen molar-refractivity contribution in [3.63, 3.8) is 0 Å². The van der Waals surface area contributed by atoms with Crippen LogP contribution in [0.4, 0.5) is 15.8 Å². The molecule has 0 bridgehead atoms. The van der Waals surface area contributed by atoms with E-state index in [0.29, 0.717) is 27.2 Å². The summed E-state index contributed by atoms with van der Waals surface area (Å²) in [5.41, 5.74) is 2.32. The molecule has 29 heavy (non-hydrogen) atoms. The second-order valence-electron chi connectivity index (χ2n) is 7.40. The van der Waals surface area contributed by atoms with E-state index in [1.807, 2.05) is 44.4 Å². The summed E-state index contributed by atoms with van der Waals surface area (Å²) < 4.78 is 10.7. The first-order valence-electron chi connectivity index (χ1n) is 8.81. The zero-order valence-corrected chi connectivity index (χ0v) is 17.7. The first-order valence-corrected chi connectivity index (χ1v) is 10.6. The Hall–Kier alpha value is -3.09. The molecule has 148 valence electrons. The summed E-state index contributed by atoms with van der Waals surface area (Å²) in [5.74, 6) is 1.02. The zero-order valence-electron chi connectivity index (χ0n) is 16.0. The maximum absolute atomic E-state index is 12.6. The van der Waals surface area contributed by atoms with Crippen LogP contribution in [0.1, 0.15) is 42.4 Å². The molecule has 1 amide bonds. The molecular formula is C20H18N4O3S2. The molecule has 0 radical (unpaired) electrons. The van der Waals surface area contributed by atoms with Gasteiger partial charge in [0.1, 0.15) is 16.8 Å². The highest BCUT2D eigenvalue weighted by Crippen LogP contribution is 2.37. The number of hydrogen-bond donors (Lipinski definition) is 2. The van der Waals surface area contributed by atoms with Crippen molar-refractivity contribution >= 4 is 44.4 Å². The number of thiazole rings is 1. The van der Waals surface area contributed by atoms with Gasteiger partial charge in [0.2, 0.25) is 6.79 Å². The molecule has 4 rings (SSSR count). The molecule has 3 heterocycles.